The molecule has 0 aliphatic carbocycles. The summed E-state index contributed by atoms with van der Waals surface area (Å²) in [5.74, 6) is 0.152. The molecule has 0 saturated carbocycles. The van der Waals surface area contributed by atoms with Crippen molar-refractivity contribution in [1.29, 1.82) is 0 Å². The van der Waals surface area contributed by atoms with Crippen molar-refractivity contribution in [3.8, 4) is 0 Å². The average molecular weight is 263 g/mol. The number of rotatable bonds is 8. The Bertz CT molecular complexity index is 367. The average Bonchev–Trinajstić information content (AvgIpc) is 2.46. The van der Waals surface area contributed by atoms with Gasteiger partial charge < -0.3 is 15.1 Å². The van der Waals surface area contributed by atoms with Crippen molar-refractivity contribution < 1.29 is 4.79 Å². The molecule has 0 aliphatic rings. The molecule has 0 unspecified atom stereocenters. The molecule has 1 aromatic carbocycles. The van der Waals surface area contributed by atoms with Crippen LogP contribution in [0.3, 0.4) is 0 Å². The second-order valence-electron chi connectivity index (χ2n) is 4.70. The summed E-state index contributed by atoms with van der Waals surface area (Å²) in [6, 6.07) is 10.3. The lowest BCUT2D eigenvalue weighted by Crippen LogP contribution is -2.36. The van der Waals surface area contributed by atoms with Gasteiger partial charge in [-0.3, -0.25) is 4.79 Å². The maximum Gasteiger partial charge on any atom is 0.236 e. The number of amides is 1. The highest BCUT2D eigenvalue weighted by Crippen LogP contribution is 2.10. The highest BCUT2D eigenvalue weighted by atomic mass is 16.2. The molecule has 0 spiro atoms. The number of anilines is 1. The lowest BCUT2D eigenvalue weighted by atomic mass is 10.3. The van der Waals surface area contributed by atoms with Crippen molar-refractivity contribution >= 4 is 11.6 Å². The highest BCUT2D eigenvalue weighted by Gasteiger charge is 2.05. The molecule has 0 heterocycles. The largest absolute Gasteiger partial charge is 0.375 e. The zero-order valence-electron chi connectivity index (χ0n) is 12.2. The van der Waals surface area contributed by atoms with E-state index < -0.39 is 0 Å². The van der Waals surface area contributed by atoms with Gasteiger partial charge in [0.2, 0.25) is 5.91 Å². The molecule has 0 bridgehead atoms. The van der Waals surface area contributed by atoms with E-state index in [0.29, 0.717) is 6.54 Å². The first-order valence-corrected chi connectivity index (χ1v) is 6.86. The normalized spacial score (nSPS) is 10.3. The topological polar surface area (TPSA) is 35.6 Å². The van der Waals surface area contributed by atoms with E-state index >= 15 is 0 Å². The molecule has 0 fully saturated rings. The Balaban J connectivity index is 2.13. The summed E-state index contributed by atoms with van der Waals surface area (Å²) in [7, 11) is 3.92. The number of benzene rings is 1. The first-order chi connectivity index (χ1) is 9.15. The van der Waals surface area contributed by atoms with Gasteiger partial charge >= 0.3 is 0 Å². The summed E-state index contributed by atoms with van der Waals surface area (Å²) < 4.78 is 0. The Labute approximate surface area is 116 Å². The van der Waals surface area contributed by atoms with E-state index in [-0.39, 0.29) is 5.91 Å². The van der Waals surface area contributed by atoms with Gasteiger partial charge in [-0.2, -0.15) is 0 Å². The summed E-state index contributed by atoms with van der Waals surface area (Å²) in [5, 5.41) is 3.19. The number of para-hydroxylation sites is 1. The molecule has 4 heteroatoms. The zero-order chi connectivity index (χ0) is 14.1. The first kappa shape index (κ1) is 15.5. The fourth-order valence-corrected chi connectivity index (χ4v) is 1.76. The molecule has 106 valence electrons. The van der Waals surface area contributed by atoms with Crippen LogP contribution in [0, 0.1) is 0 Å². The van der Waals surface area contributed by atoms with E-state index in [1.807, 2.05) is 32.2 Å². The molecule has 0 saturated heterocycles. The Hall–Kier alpha value is -1.55. The minimum absolute atomic E-state index is 0.152. The van der Waals surface area contributed by atoms with Crippen LogP contribution < -0.4 is 10.2 Å². The van der Waals surface area contributed by atoms with E-state index in [2.05, 4.69) is 29.4 Å². The number of hydrogen-bond acceptors (Lipinski definition) is 3. The van der Waals surface area contributed by atoms with Crippen LogP contribution in [0.15, 0.2) is 30.3 Å². The van der Waals surface area contributed by atoms with E-state index in [1.165, 1.54) is 5.69 Å². The van der Waals surface area contributed by atoms with Crippen LogP contribution in [-0.2, 0) is 4.79 Å². The molecular weight excluding hydrogens is 238 g/mol. The molecule has 4 nitrogen and oxygen atoms in total. The van der Waals surface area contributed by atoms with Gasteiger partial charge in [-0.15, -0.1) is 0 Å². The number of hydrogen-bond donors (Lipinski definition) is 1. The van der Waals surface area contributed by atoms with Gasteiger partial charge in [0.15, 0.2) is 0 Å². The Morgan fingerprint density at radius 1 is 1.21 bits per heavy atom. The van der Waals surface area contributed by atoms with E-state index in [9.17, 15) is 4.79 Å². The highest BCUT2D eigenvalue weighted by molar-refractivity contribution is 5.77. The minimum atomic E-state index is 0.152. The summed E-state index contributed by atoms with van der Waals surface area (Å²) in [4.78, 5) is 15.5. The zero-order valence-corrected chi connectivity index (χ0v) is 12.2. The summed E-state index contributed by atoms with van der Waals surface area (Å²) in [6.07, 6.45) is 1.02. The summed E-state index contributed by atoms with van der Waals surface area (Å²) in [6.45, 7) is 5.01. The number of nitrogens with zero attached hydrogens (tertiary/aromatic N) is 2. The predicted octanol–water partition coefficient (Wildman–Crippen LogP) is 1.58. The number of carbonyl (C=O) groups is 1. The van der Waals surface area contributed by atoms with E-state index in [4.69, 9.17) is 0 Å². The standard InChI is InChI=1S/C15H25N3O/c1-4-17(2)15(19)13-16-11-8-12-18(3)14-9-6-5-7-10-14/h5-7,9-10,16H,4,8,11-13H2,1-3H3. The van der Waals surface area contributed by atoms with Crippen LogP contribution in [0.4, 0.5) is 5.69 Å². The Kier molecular flexibility index (Phi) is 6.97. The van der Waals surface area contributed by atoms with Crippen molar-refractivity contribution in [3.63, 3.8) is 0 Å². The van der Waals surface area contributed by atoms with Crippen molar-refractivity contribution in [2.45, 2.75) is 13.3 Å². The fourth-order valence-electron chi connectivity index (χ4n) is 1.76. The van der Waals surface area contributed by atoms with Crippen LogP contribution in [0.2, 0.25) is 0 Å². The Morgan fingerprint density at radius 3 is 2.53 bits per heavy atom. The molecule has 19 heavy (non-hydrogen) atoms. The van der Waals surface area contributed by atoms with Gasteiger partial charge in [0.1, 0.15) is 0 Å². The Morgan fingerprint density at radius 2 is 1.89 bits per heavy atom. The van der Waals surface area contributed by atoms with Crippen molar-refractivity contribution in [2.24, 2.45) is 0 Å². The van der Waals surface area contributed by atoms with Crippen LogP contribution >= 0.6 is 0 Å². The summed E-state index contributed by atoms with van der Waals surface area (Å²) >= 11 is 0. The molecule has 1 amide bonds. The molecule has 0 radical (unpaired) electrons. The quantitative estimate of drug-likeness (QED) is 0.723. The van der Waals surface area contributed by atoms with Crippen molar-refractivity contribution in [2.75, 3.05) is 45.2 Å². The third-order valence-electron chi connectivity index (χ3n) is 3.22. The molecule has 0 aliphatic heterocycles. The minimum Gasteiger partial charge on any atom is -0.375 e. The molecule has 1 rings (SSSR count). The number of likely N-dealkylation sites (N-methyl/N-ethyl adjacent to an activating group) is 1. The van der Waals surface area contributed by atoms with Crippen molar-refractivity contribution in [3.05, 3.63) is 30.3 Å². The monoisotopic (exact) mass is 263 g/mol. The van der Waals surface area contributed by atoms with Crippen molar-refractivity contribution in [1.82, 2.24) is 10.2 Å². The van der Waals surface area contributed by atoms with Crippen LogP contribution in [0.5, 0.6) is 0 Å². The van der Waals surface area contributed by atoms with Gasteiger partial charge in [-0.25, -0.2) is 0 Å². The predicted molar refractivity (Wildman–Crippen MR) is 80.5 cm³/mol. The maximum absolute atomic E-state index is 11.5. The third kappa shape index (κ3) is 5.75. The maximum atomic E-state index is 11.5. The second kappa shape index (κ2) is 8.53. The van der Waals surface area contributed by atoms with Gasteiger partial charge in [-0.05, 0) is 32.0 Å². The van der Waals surface area contributed by atoms with E-state index in [0.717, 1.165) is 26.1 Å². The van der Waals surface area contributed by atoms with E-state index in [1.54, 1.807) is 4.90 Å². The van der Waals surface area contributed by atoms with Gasteiger partial charge in [-0.1, -0.05) is 18.2 Å². The van der Waals surface area contributed by atoms with Crippen LogP contribution in [-0.4, -0.2) is 51.1 Å². The fraction of sp³-hybridized carbons (Fsp3) is 0.533. The smallest absolute Gasteiger partial charge is 0.236 e. The molecule has 1 N–H and O–H groups in total. The summed E-state index contributed by atoms with van der Waals surface area (Å²) in [5.41, 5.74) is 1.23. The number of nitrogens with one attached hydrogen (secondary N) is 1. The lowest BCUT2D eigenvalue weighted by Gasteiger charge is -2.19. The SMILES string of the molecule is CCN(C)C(=O)CNCCCN(C)c1ccccc1. The van der Waals surface area contributed by atoms with Gasteiger partial charge in [0.25, 0.3) is 0 Å². The molecule has 1 aromatic rings. The second-order valence-corrected chi connectivity index (χ2v) is 4.70. The third-order valence-corrected chi connectivity index (χ3v) is 3.22. The first-order valence-electron chi connectivity index (χ1n) is 6.86. The van der Waals surface area contributed by atoms with Gasteiger partial charge in [0, 0.05) is 32.9 Å². The molecule has 0 aromatic heterocycles. The van der Waals surface area contributed by atoms with Crippen LogP contribution in [0.25, 0.3) is 0 Å². The lowest BCUT2D eigenvalue weighted by molar-refractivity contribution is -0.128. The van der Waals surface area contributed by atoms with Crippen LogP contribution in [0.1, 0.15) is 13.3 Å². The molecular formula is C15H25N3O. The molecule has 0 atom stereocenters. The van der Waals surface area contributed by atoms with Gasteiger partial charge in [0.05, 0.1) is 6.54 Å². The number of carbonyl (C=O) groups excluding carboxylic acids is 1.